The highest BCUT2D eigenvalue weighted by Gasteiger charge is 2.09. The maximum atomic E-state index is 11.9. The zero-order valence-electron chi connectivity index (χ0n) is 21.1. The fraction of sp³-hybridized carbons (Fsp3) is 0.714. The third kappa shape index (κ3) is 16.3. The van der Waals surface area contributed by atoms with Gasteiger partial charge in [-0.1, -0.05) is 102 Å². The van der Waals surface area contributed by atoms with Crippen LogP contribution in [-0.4, -0.2) is 25.7 Å². The van der Waals surface area contributed by atoms with Gasteiger partial charge in [-0.05, 0) is 18.9 Å². The van der Waals surface area contributed by atoms with Gasteiger partial charge < -0.3 is 14.2 Å². The highest BCUT2D eigenvalue weighted by molar-refractivity contribution is 5.72. The van der Waals surface area contributed by atoms with E-state index in [1.54, 1.807) is 7.11 Å². The number of methoxy groups -OCH3 is 1. The molecule has 1 aromatic carbocycles. The largest absolute Gasteiger partial charge is 0.496 e. The van der Waals surface area contributed by atoms with Crippen LogP contribution in [0, 0.1) is 0 Å². The molecule has 0 aliphatic carbocycles. The zero-order chi connectivity index (χ0) is 24.0. The van der Waals surface area contributed by atoms with Crippen LogP contribution in [0.2, 0.25) is 0 Å². The smallest absolute Gasteiger partial charge is 0.306 e. The van der Waals surface area contributed by atoms with Crippen LogP contribution in [0.1, 0.15) is 115 Å². The molecule has 0 N–H and O–H groups in total. The Balaban J connectivity index is 1.88. The van der Waals surface area contributed by atoms with Crippen molar-refractivity contribution in [1.82, 2.24) is 0 Å². The van der Waals surface area contributed by atoms with Gasteiger partial charge in [0.15, 0.2) is 0 Å². The molecule has 0 unspecified atom stereocenters. The van der Waals surface area contributed by atoms with E-state index >= 15 is 0 Å². The lowest BCUT2D eigenvalue weighted by Gasteiger charge is -2.09. The standard InChI is InChI=1S/C28H46O5/c1-3-4-5-6-7-8-9-10-11-12-13-14-17-23-32-27(29)21-18-22-28(30)33-24-25-19-15-16-20-26(25)31-2/h15-16,19-20H,3-14,17-18,21-24H2,1-2H3. The molecule has 0 saturated carbocycles. The molecule has 0 saturated heterocycles. The van der Waals surface area contributed by atoms with Crippen molar-refractivity contribution in [3.8, 4) is 5.75 Å². The van der Waals surface area contributed by atoms with Crippen molar-refractivity contribution in [1.29, 1.82) is 0 Å². The number of benzene rings is 1. The molecular formula is C28H46O5. The number of carbonyl (C=O) groups excluding carboxylic acids is 2. The first kappa shape index (κ1) is 29.0. The second-order valence-corrected chi connectivity index (χ2v) is 8.79. The van der Waals surface area contributed by atoms with E-state index in [0.717, 1.165) is 18.4 Å². The van der Waals surface area contributed by atoms with Gasteiger partial charge >= 0.3 is 11.9 Å². The molecule has 0 aliphatic rings. The second-order valence-electron chi connectivity index (χ2n) is 8.79. The molecule has 5 heteroatoms. The molecular weight excluding hydrogens is 416 g/mol. The summed E-state index contributed by atoms with van der Waals surface area (Å²) in [6, 6.07) is 7.43. The summed E-state index contributed by atoms with van der Waals surface area (Å²) in [5, 5.41) is 0. The van der Waals surface area contributed by atoms with Gasteiger partial charge in [-0.25, -0.2) is 0 Å². The zero-order valence-corrected chi connectivity index (χ0v) is 21.1. The first-order chi connectivity index (χ1) is 16.2. The number of hydrogen-bond acceptors (Lipinski definition) is 5. The van der Waals surface area contributed by atoms with Gasteiger partial charge in [-0.3, -0.25) is 9.59 Å². The van der Waals surface area contributed by atoms with Crippen molar-refractivity contribution >= 4 is 11.9 Å². The van der Waals surface area contributed by atoms with Gasteiger partial charge in [0.25, 0.3) is 0 Å². The van der Waals surface area contributed by atoms with Crippen molar-refractivity contribution in [2.24, 2.45) is 0 Å². The van der Waals surface area contributed by atoms with Crippen molar-refractivity contribution in [2.75, 3.05) is 13.7 Å². The van der Waals surface area contributed by atoms with Crippen LogP contribution in [0.15, 0.2) is 24.3 Å². The number of unbranched alkanes of at least 4 members (excludes halogenated alkanes) is 12. The minimum Gasteiger partial charge on any atom is -0.496 e. The van der Waals surface area contributed by atoms with Crippen LogP contribution in [0.5, 0.6) is 5.75 Å². The lowest BCUT2D eigenvalue weighted by molar-refractivity contribution is -0.146. The van der Waals surface area contributed by atoms with E-state index in [4.69, 9.17) is 14.2 Å². The monoisotopic (exact) mass is 462 g/mol. The number of hydrogen-bond donors (Lipinski definition) is 0. The van der Waals surface area contributed by atoms with Crippen LogP contribution in [-0.2, 0) is 25.7 Å². The van der Waals surface area contributed by atoms with E-state index in [0.29, 0.717) is 18.8 Å². The third-order valence-corrected chi connectivity index (χ3v) is 5.85. The summed E-state index contributed by atoms with van der Waals surface area (Å²) >= 11 is 0. The second kappa shape index (κ2) is 20.6. The number of esters is 2. The van der Waals surface area contributed by atoms with Gasteiger partial charge in [0.05, 0.1) is 13.7 Å². The predicted molar refractivity (Wildman–Crippen MR) is 133 cm³/mol. The summed E-state index contributed by atoms with van der Waals surface area (Å²) in [5.41, 5.74) is 0.825. The SMILES string of the molecule is CCCCCCCCCCCCCCCOC(=O)CCCC(=O)OCc1ccccc1OC. The molecule has 33 heavy (non-hydrogen) atoms. The van der Waals surface area contributed by atoms with Crippen molar-refractivity contribution < 1.29 is 23.8 Å². The summed E-state index contributed by atoms with van der Waals surface area (Å²) in [5.74, 6) is 0.152. The molecule has 0 heterocycles. The molecule has 1 rings (SSSR count). The fourth-order valence-corrected chi connectivity index (χ4v) is 3.81. The van der Waals surface area contributed by atoms with E-state index in [9.17, 15) is 9.59 Å². The molecule has 0 aromatic heterocycles. The summed E-state index contributed by atoms with van der Waals surface area (Å²) in [4.78, 5) is 23.7. The predicted octanol–water partition coefficient (Wildman–Crippen LogP) is 7.54. The van der Waals surface area contributed by atoms with Crippen LogP contribution in [0.3, 0.4) is 0 Å². The first-order valence-electron chi connectivity index (χ1n) is 13.1. The number of rotatable bonds is 21. The maximum Gasteiger partial charge on any atom is 0.306 e. The maximum absolute atomic E-state index is 11.9. The molecule has 0 amide bonds. The van der Waals surface area contributed by atoms with Crippen LogP contribution < -0.4 is 4.74 Å². The van der Waals surface area contributed by atoms with E-state index in [2.05, 4.69) is 6.92 Å². The Morgan fingerprint density at radius 1 is 0.667 bits per heavy atom. The molecule has 0 fully saturated rings. The Labute approximate surface area is 201 Å². The highest BCUT2D eigenvalue weighted by atomic mass is 16.5. The Morgan fingerprint density at radius 2 is 1.18 bits per heavy atom. The number of carbonyl (C=O) groups is 2. The summed E-state index contributed by atoms with van der Waals surface area (Å²) in [7, 11) is 1.59. The molecule has 0 radical (unpaired) electrons. The minimum absolute atomic E-state index is 0.173. The van der Waals surface area contributed by atoms with E-state index < -0.39 is 0 Å². The quantitative estimate of drug-likeness (QED) is 0.139. The lowest BCUT2D eigenvalue weighted by Crippen LogP contribution is -2.09. The van der Waals surface area contributed by atoms with Crippen molar-refractivity contribution in [3.63, 3.8) is 0 Å². The number of para-hydroxylation sites is 1. The average Bonchev–Trinajstić information content (AvgIpc) is 2.83. The van der Waals surface area contributed by atoms with Crippen molar-refractivity contribution in [2.45, 2.75) is 116 Å². The van der Waals surface area contributed by atoms with Gasteiger partial charge in [0.2, 0.25) is 0 Å². The summed E-state index contributed by atoms with van der Waals surface area (Å²) in [6.45, 7) is 2.92. The third-order valence-electron chi connectivity index (χ3n) is 5.85. The molecule has 1 aromatic rings. The normalized spacial score (nSPS) is 10.7. The average molecular weight is 463 g/mol. The molecule has 0 bridgehead atoms. The summed E-state index contributed by atoms with van der Waals surface area (Å²) in [6.07, 6.45) is 17.8. The summed E-state index contributed by atoms with van der Waals surface area (Å²) < 4.78 is 15.8. The Kier molecular flexibility index (Phi) is 18.1. The number of ether oxygens (including phenoxy) is 3. The highest BCUT2D eigenvalue weighted by Crippen LogP contribution is 2.18. The van der Waals surface area contributed by atoms with Gasteiger partial charge in [-0.15, -0.1) is 0 Å². The lowest BCUT2D eigenvalue weighted by atomic mass is 10.0. The molecule has 188 valence electrons. The van der Waals surface area contributed by atoms with Gasteiger partial charge in [0.1, 0.15) is 12.4 Å². The first-order valence-corrected chi connectivity index (χ1v) is 13.1. The van der Waals surface area contributed by atoms with E-state index in [-0.39, 0.29) is 31.4 Å². The van der Waals surface area contributed by atoms with E-state index in [1.807, 2.05) is 24.3 Å². The van der Waals surface area contributed by atoms with Gasteiger partial charge in [0, 0.05) is 18.4 Å². The van der Waals surface area contributed by atoms with E-state index in [1.165, 1.54) is 70.6 Å². The van der Waals surface area contributed by atoms with Crippen LogP contribution in [0.4, 0.5) is 0 Å². The fourth-order valence-electron chi connectivity index (χ4n) is 3.81. The topological polar surface area (TPSA) is 61.8 Å². The Morgan fingerprint density at radius 3 is 1.76 bits per heavy atom. The molecule has 0 atom stereocenters. The minimum atomic E-state index is -0.315. The van der Waals surface area contributed by atoms with Crippen LogP contribution in [0.25, 0.3) is 0 Å². The Hall–Kier alpha value is -2.04. The molecule has 5 nitrogen and oxygen atoms in total. The Bertz CT molecular complexity index is 628. The van der Waals surface area contributed by atoms with Crippen molar-refractivity contribution in [3.05, 3.63) is 29.8 Å². The van der Waals surface area contributed by atoms with Gasteiger partial charge in [-0.2, -0.15) is 0 Å². The molecule has 0 spiro atoms. The molecule has 0 aliphatic heterocycles. The van der Waals surface area contributed by atoms with Crippen LogP contribution >= 0.6 is 0 Å².